The second-order valence-corrected chi connectivity index (χ2v) is 4.34. The SMILES string of the molecule is Cc1cccc(C(N)=O)c1C1NCC(O)C1O. The van der Waals surface area contributed by atoms with Gasteiger partial charge in [-0.25, -0.2) is 0 Å². The summed E-state index contributed by atoms with van der Waals surface area (Å²) in [5, 5.41) is 22.4. The van der Waals surface area contributed by atoms with Crippen molar-refractivity contribution in [2.75, 3.05) is 6.54 Å². The van der Waals surface area contributed by atoms with Crippen molar-refractivity contribution in [3.63, 3.8) is 0 Å². The summed E-state index contributed by atoms with van der Waals surface area (Å²) < 4.78 is 0. The molecule has 1 heterocycles. The predicted octanol–water partition coefficient (Wildman–Crippen LogP) is -0.540. The molecule has 1 fully saturated rings. The molecule has 1 aliphatic rings. The Balaban J connectivity index is 2.47. The largest absolute Gasteiger partial charge is 0.389 e. The number of carbonyl (C=O) groups excluding carboxylic acids is 1. The van der Waals surface area contributed by atoms with Crippen LogP contribution in [0.25, 0.3) is 0 Å². The van der Waals surface area contributed by atoms with E-state index in [1.807, 2.05) is 13.0 Å². The van der Waals surface area contributed by atoms with E-state index in [0.29, 0.717) is 17.7 Å². The number of rotatable bonds is 2. The molecule has 17 heavy (non-hydrogen) atoms. The number of aryl methyl sites for hydroxylation is 1. The summed E-state index contributed by atoms with van der Waals surface area (Å²) in [4.78, 5) is 11.4. The Kier molecular flexibility index (Phi) is 3.15. The minimum absolute atomic E-state index is 0.304. The lowest BCUT2D eigenvalue weighted by Gasteiger charge is -2.20. The predicted molar refractivity (Wildman–Crippen MR) is 62.5 cm³/mol. The third-order valence-corrected chi connectivity index (χ3v) is 3.18. The van der Waals surface area contributed by atoms with Gasteiger partial charge in [-0.05, 0) is 24.1 Å². The molecular weight excluding hydrogens is 220 g/mol. The number of β-amino-alcohol motifs (C(OH)–C–C–N with tert-alkyl or cyclic N) is 1. The van der Waals surface area contributed by atoms with Gasteiger partial charge in [-0.2, -0.15) is 0 Å². The number of benzene rings is 1. The summed E-state index contributed by atoms with van der Waals surface area (Å²) in [5.41, 5.74) is 7.24. The average Bonchev–Trinajstić information content (AvgIpc) is 2.60. The van der Waals surface area contributed by atoms with Crippen molar-refractivity contribution in [3.8, 4) is 0 Å². The first kappa shape index (κ1) is 12.0. The topological polar surface area (TPSA) is 95.6 Å². The van der Waals surface area contributed by atoms with Crippen LogP contribution in [0.1, 0.15) is 27.5 Å². The van der Waals surface area contributed by atoms with Gasteiger partial charge >= 0.3 is 0 Å². The second-order valence-electron chi connectivity index (χ2n) is 4.34. The Hall–Kier alpha value is -1.43. The number of hydrogen-bond acceptors (Lipinski definition) is 4. The van der Waals surface area contributed by atoms with E-state index in [0.717, 1.165) is 5.56 Å². The van der Waals surface area contributed by atoms with Gasteiger partial charge in [-0.1, -0.05) is 12.1 Å². The monoisotopic (exact) mass is 236 g/mol. The maximum Gasteiger partial charge on any atom is 0.249 e. The maximum absolute atomic E-state index is 11.4. The van der Waals surface area contributed by atoms with Gasteiger partial charge in [0.15, 0.2) is 0 Å². The van der Waals surface area contributed by atoms with Gasteiger partial charge in [0.1, 0.15) is 6.10 Å². The molecule has 1 aromatic carbocycles. The molecule has 3 unspecified atom stereocenters. The summed E-state index contributed by atoms with van der Waals surface area (Å²) in [6.07, 6.45) is -1.74. The van der Waals surface area contributed by atoms with Gasteiger partial charge in [0.05, 0.1) is 12.1 Å². The lowest BCUT2D eigenvalue weighted by molar-refractivity contribution is 0.0402. The maximum atomic E-state index is 11.4. The van der Waals surface area contributed by atoms with Gasteiger partial charge in [0.25, 0.3) is 0 Å². The van der Waals surface area contributed by atoms with Crippen molar-refractivity contribution in [1.29, 1.82) is 0 Å². The lowest BCUT2D eigenvalue weighted by Crippen LogP contribution is -2.28. The molecule has 5 nitrogen and oxygen atoms in total. The molecule has 0 spiro atoms. The highest BCUT2D eigenvalue weighted by atomic mass is 16.3. The Morgan fingerprint density at radius 3 is 2.71 bits per heavy atom. The zero-order valence-electron chi connectivity index (χ0n) is 9.55. The van der Waals surface area contributed by atoms with Gasteiger partial charge in [0, 0.05) is 12.1 Å². The van der Waals surface area contributed by atoms with Crippen LogP contribution in [0.4, 0.5) is 0 Å². The quantitative estimate of drug-likeness (QED) is 0.554. The van der Waals surface area contributed by atoms with Crippen LogP contribution in [0.3, 0.4) is 0 Å². The fourth-order valence-electron chi connectivity index (χ4n) is 2.29. The molecule has 0 bridgehead atoms. The summed E-state index contributed by atoms with van der Waals surface area (Å²) in [6, 6.07) is 4.77. The molecule has 0 saturated carbocycles. The fourth-order valence-corrected chi connectivity index (χ4v) is 2.29. The third-order valence-electron chi connectivity index (χ3n) is 3.18. The molecule has 92 valence electrons. The zero-order chi connectivity index (χ0) is 12.6. The molecule has 5 N–H and O–H groups in total. The van der Waals surface area contributed by atoms with Crippen LogP contribution in [0, 0.1) is 6.92 Å². The van der Waals surface area contributed by atoms with Crippen molar-refractivity contribution in [1.82, 2.24) is 5.32 Å². The second kappa shape index (κ2) is 4.44. The van der Waals surface area contributed by atoms with Crippen molar-refractivity contribution in [2.45, 2.75) is 25.2 Å². The van der Waals surface area contributed by atoms with Crippen LogP contribution in [0.5, 0.6) is 0 Å². The van der Waals surface area contributed by atoms with E-state index in [9.17, 15) is 15.0 Å². The number of aliphatic hydroxyl groups is 2. The normalized spacial score (nSPS) is 28.3. The highest BCUT2D eigenvalue weighted by Gasteiger charge is 2.36. The molecule has 0 radical (unpaired) electrons. The molecule has 1 amide bonds. The van der Waals surface area contributed by atoms with E-state index >= 15 is 0 Å². The van der Waals surface area contributed by atoms with E-state index in [2.05, 4.69) is 5.32 Å². The van der Waals surface area contributed by atoms with Crippen molar-refractivity contribution in [3.05, 3.63) is 34.9 Å². The highest BCUT2D eigenvalue weighted by Crippen LogP contribution is 2.29. The summed E-state index contributed by atoms with van der Waals surface area (Å²) in [7, 11) is 0. The van der Waals surface area contributed by atoms with Crippen molar-refractivity contribution in [2.24, 2.45) is 5.73 Å². The number of nitrogens with two attached hydrogens (primary N) is 1. The number of amides is 1. The van der Waals surface area contributed by atoms with Crippen molar-refractivity contribution < 1.29 is 15.0 Å². The highest BCUT2D eigenvalue weighted by molar-refractivity contribution is 5.94. The molecule has 2 rings (SSSR count). The first-order chi connectivity index (χ1) is 8.02. The van der Waals surface area contributed by atoms with Gasteiger partial charge in [0.2, 0.25) is 5.91 Å². The molecule has 1 aromatic rings. The summed E-state index contributed by atoms with van der Waals surface area (Å²) >= 11 is 0. The first-order valence-corrected chi connectivity index (χ1v) is 5.51. The summed E-state index contributed by atoms with van der Waals surface area (Å²) in [6.45, 7) is 2.15. The molecule has 1 saturated heterocycles. The third kappa shape index (κ3) is 2.04. The zero-order valence-corrected chi connectivity index (χ0v) is 9.55. The smallest absolute Gasteiger partial charge is 0.249 e. The Morgan fingerprint density at radius 1 is 1.47 bits per heavy atom. The number of hydrogen-bond donors (Lipinski definition) is 4. The van der Waals surface area contributed by atoms with Gasteiger partial charge in [-0.15, -0.1) is 0 Å². The first-order valence-electron chi connectivity index (χ1n) is 5.51. The van der Waals surface area contributed by atoms with Crippen LogP contribution >= 0.6 is 0 Å². The molecule has 0 aromatic heterocycles. The van der Waals surface area contributed by atoms with E-state index in [1.54, 1.807) is 12.1 Å². The minimum atomic E-state index is -0.922. The Bertz CT molecular complexity index is 447. The molecule has 0 aliphatic carbocycles. The van der Waals surface area contributed by atoms with Crippen LogP contribution in [0.2, 0.25) is 0 Å². The molecule has 5 heteroatoms. The van der Waals surface area contributed by atoms with Crippen LogP contribution < -0.4 is 11.1 Å². The number of aliphatic hydroxyl groups excluding tert-OH is 2. The van der Waals surface area contributed by atoms with Crippen molar-refractivity contribution >= 4 is 5.91 Å². The number of primary amides is 1. The standard InChI is InChI=1S/C12H16N2O3/c1-6-3-2-4-7(12(13)17)9(6)10-11(16)8(15)5-14-10/h2-4,8,10-11,14-16H,5H2,1H3,(H2,13,17). The van der Waals surface area contributed by atoms with E-state index in [-0.39, 0.29) is 0 Å². The van der Waals surface area contributed by atoms with Gasteiger partial charge < -0.3 is 21.3 Å². The fraction of sp³-hybridized carbons (Fsp3) is 0.417. The minimum Gasteiger partial charge on any atom is -0.389 e. The van der Waals surface area contributed by atoms with E-state index in [1.165, 1.54) is 0 Å². The van der Waals surface area contributed by atoms with Crippen LogP contribution in [-0.2, 0) is 0 Å². The van der Waals surface area contributed by atoms with Crippen LogP contribution in [-0.4, -0.2) is 34.9 Å². The molecule has 3 atom stereocenters. The number of nitrogens with one attached hydrogen (secondary N) is 1. The molecule has 1 aliphatic heterocycles. The van der Waals surface area contributed by atoms with Gasteiger partial charge in [-0.3, -0.25) is 4.79 Å². The van der Waals surface area contributed by atoms with E-state index in [4.69, 9.17) is 5.73 Å². The van der Waals surface area contributed by atoms with Crippen LogP contribution in [0.15, 0.2) is 18.2 Å². The lowest BCUT2D eigenvalue weighted by atomic mass is 9.92. The molecular formula is C12H16N2O3. The Labute approximate surface area is 99.3 Å². The average molecular weight is 236 g/mol. The Morgan fingerprint density at radius 2 is 2.18 bits per heavy atom. The van der Waals surface area contributed by atoms with E-state index < -0.39 is 24.2 Å². The summed E-state index contributed by atoms with van der Waals surface area (Å²) in [5.74, 6) is -0.529. The number of carbonyl (C=O) groups is 1.